The summed E-state index contributed by atoms with van der Waals surface area (Å²) in [7, 11) is 0. The summed E-state index contributed by atoms with van der Waals surface area (Å²) in [5.74, 6) is 2.75. The summed E-state index contributed by atoms with van der Waals surface area (Å²) in [6.07, 6.45) is 9.33. The number of rotatable bonds is 10. The zero-order chi connectivity index (χ0) is 25.5. The maximum Gasteiger partial charge on any atom is 0.148 e. The Morgan fingerprint density at radius 1 is 0.946 bits per heavy atom. The molecule has 0 amide bonds. The van der Waals surface area contributed by atoms with Crippen LogP contribution in [0.25, 0.3) is 22.6 Å². The summed E-state index contributed by atoms with van der Waals surface area (Å²) in [4.78, 5) is 8.27. The van der Waals surface area contributed by atoms with E-state index >= 15 is 0 Å². The molecule has 0 spiro atoms. The number of imidazole rings is 1. The summed E-state index contributed by atoms with van der Waals surface area (Å²) < 4.78 is 14.3. The first kappa shape index (κ1) is 24.1. The fourth-order valence-electron chi connectivity index (χ4n) is 4.05. The molecule has 5 rings (SSSR count). The number of furan rings is 1. The molecule has 0 saturated heterocycles. The van der Waals surface area contributed by atoms with Crippen LogP contribution in [-0.4, -0.2) is 27.0 Å². The van der Waals surface area contributed by atoms with Crippen LogP contribution < -0.4 is 10.1 Å². The van der Waals surface area contributed by atoms with Gasteiger partial charge >= 0.3 is 0 Å². The molecule has 3 aromatic heterocycles. The highest BCUT2D eigenvalue weighted by atomic mass is 16.5. The van der Waals surface area contributed by atoms with Crippen molar-refractivity contribution in [2.45, 2.75) is 26.3 Å². The molecule has 0 radical (unpaired) electrons. The maximum atomic E-state index is 8.19. The first-order chi connectivity index (χ1) is 18.2. The van der Waals surface area contributed by atoms with E-state index in [1.54, 1.807) is 18.5 Å². The lowest BCUT2D eigenvalue weighted by Gasteiger charge is -2.10. The fourth-order valence-corrected chi connectivity index (χ4v) is 4.05. The predicted molar refractivity (Wildman–Crippen MR) is 146 cm³/mol. The van der Waals surface area contributed by atoms with E-state index in [2.05, 4.69) is 32.8 Å². The molecule has 5 aromatic rings. The van der Waals surface area contributed by atoms with Crippen LogP contribution in [0.1, 0.15) is 24.1 Å². The van der Waals surface area contributed by atoms with Gasteiger partial charge in [-0.25, -0.2) is 4.98 Å². The lowest BCUT2D eigenvalue weighted by molar-refractivity contribution is 0.301. The predicted octanol–water partition coefficient (Wildman–Crippen LogP) is 6.81. The second kappa shape index (κ2) is 11.4. The molecule has 0 bridgehead atoms. The van der Waals surface area contributed by atoms with Gasteiger partial charge in [0.2, 0.25) is 0 Å². The van der Waals surface area contributed by atoms with Gasteiger partial charge in [0, 0.05) is 41.9 Å². The van der Waals surface area contributed by atoms with Crippen LogP contribution in [0.2, 0.25) is 0 Å². The van der Waals surface area contributed by atoms with Crippen LogP contribution in [0.4, 0.5) is 5.69 Å². The van der Waals surface area contributed by atoms with Crippen LogP contribution in [-0.2, 0) is 6.54 Å². The average Bonchev–Trinajstić information content (AvgIpc) is 3.63. The molecule has 37 heavy (non-hydrogen) atoms. The number of aromatic nitrogens is 3. The Balaban J connectivity index is 1.17. The quantitative estimate of drug-likeness (QED) is 0.127. The number of aryl methyl sites for hydroxylation is 2. The molecule has 0 aliphatic rings. The Morgan fingerprint density at radius 2 is 1.76 bits per heavy atom. The van der Waals surface area contributed by atoms with Gasteiger partial charge in [-0.2, -0.15) is 0 Å². The van der Waals surface area contributed by atoms with Crippen LogP contribution in [0.3, 0.4) is 0 Å². The largest absolute Gasteiger partial charge is 0.493 e. The van der Waals surface area contributed by atoms with Crippen LogP contribution >= 0.6 is 0 Å². The molecular weight excluding hydrogens is 462 g/mol. The third kappa shape index (κ3) is 6.13. The Labute approximate surface area is 216 Å². The smallest absolute Gasteiger partial charge is 0.148 e. The second-order valence-corrected chi connectivity index (χ2v) is 8.79. The van der Waals surface area contributed by atoms with E-state index in [9.17, 15) is 0 Å². The molecule has 0 fully saturated rings. The van der Waals surface area contributed by atoms with E-state index in [4.69, 9.17) is 14.6 Å². The zero-order valence-electron chi connectivity index (χ0n) is 20.7. The van der Waals surface area contributed by atoms with Crippen molar-refractivity contribution in [3.63, 3.8) is 0 Å². The van der Waals surface area contributed by atoms with E-state index in [-0.39, 0.29) is 5.84 Å². The van der Waals surface area contributed by atoms with Gasteiger partial charge in [-0.15, -0.1) is 0 Å². The molecule has 7 heteroatoms. The Kier molecular flexibility index (Phi) is 7.41. The number of hydrogen-bond donors (Lipinski definition) is 2. The summed E-state index contributed by atoms with van der Waals surface area (Å²) in [6, 6.07) is 23.4. The molecule has 0 aliphatic carbocycles. The van der Waals surface area contributed by atoms with Gasteiger partial charge < -0.3 is 19.0 Å². The molecular formula is C30H29N5O2. The maximum absolute atomic E-state index is 8.19. The lowest BCUT2D eigenvalue weighted by atomic mass is 10.1. The number of ether oxygens (including phenoxy) is 1. The molecule has 2 N–H and O–H groups in total. The topological polar surface area (TPSA) is 89.0 Å². The number of pyridine rings is 1. The Hall–Kier alpha value is -4.65. The summed E-state index contributed by atoms with van der Waals surface area (Å²) in [5, 5.41) is 11.3. The number of hydrogen-bond acceptors (Lipinski definition) is 5. The van der Waals surface area contributed by atoms with E-state index in [0.717, 1.165) is 59.0 Å². The van der Waals surface area contributed by atoms with Gasteiger partial charge in [-0.1, -0.05) is 6.07 Å². The molecule has 0 atom stereocenters. The highest BCUT2D eigenvalue weighted by Gasteiger charge is 2.10. The van der Waals surface area contributed by atoms with Crippen molar-refractivity contribution in [2.75, 3.05) is 11.9 Å². The number of nitrogens with one attached hydrogen (secondary N) is 2. The van der Waals surface area contributed by atoms with Crippen molar-refractivity contribution in [2.24, 2.45) is 0 Å². The highest BCUT2D eigenvalue weighted by molar-refractivity contribution is 6.04. The van der Waals surface area contributed by atoms with Crippen molar-refractivity contribution in [1.29, 1.82) is 5.41 Å². The van der Waals surface area contributed by atoms with E-state index in [1.165, 1.54) is 0 Å². The lowest BCUT2D eigenvalue weighted by Crippen LogP contribution is -2.13. The second-order valence-electron chi connectivity index (χ2n) is 8.79. The minimum atomic E-state index is 0.255. The monoisotopic (exact) mass is 491 g/mol. The molecule has 186 valence electrons. The molecule has 0 aliphatic heterocycles. The molecule has 0 saturated carbocycles. The number of benzene rings is 2. The summed E-state index contributed by atoms with van der Waals surface area (Å²) in [5.41, 5.74) is 4.47. The van der Waals surface area contributed by atoms with E-state index < -0.39 is 0 Å². The van der Waals surface area contributed by atoms with Crippen molar-refractivity contribution < 1.29 is 9.15 Å². The van der Waals surface area contributed by atoms with Crippen molar-refractivity contribution in [3.05, 3.63) is 109 Å². The Bertz CT molecular complexity index is 1440. The first-order valence-electron chi connectivity index (χ1n) is 12.3. The first-order valence-corrected chi connectivity index (χ1v) is 12.3. The van der Waals surface area contributed by atoms with Gasteiger partial charge in [-0.05, 0) is 92.1 Å². The van der Waals surface area contributed by atoms with Crippen molar-refractivity contribution in [1.82, 2.24) is 14.5 Å². The third-order valence-electron chi connectivity index (χ3n) is 6.05. The molecule has 7 nitrogen and oxygen atoms in total. The zero-order valence-corrected chi connectivity index (χ0v) is 20.7. The van der Waals surface area contributed by atoms with Gasteiger partial charge in [0.25, 0.3) is 0 Å². The van der Waals surface area contributed by atoms with Gasteiger partial charge in [-0.3, -0.25) is 10.4 Å². The van der Waals surface area contributed by atoms with Gasteiger partial charge in [0.15, 0.2) is 0 Å². The number of anilines is 1. The van der Waals surface area contributed by atoms with Crippen LogP contribution in [0.5, 0.6) is 5.75 Å². The van der Waals surface area contributed by atoms with Crippen molar-refractivity contribution in [3.8, 4) is 28.4 Å². The SMILES string of the molecule is Cc1cc(-c2ccc(-c3ccc(NC(=N)c4ccccn4)cc3)o2)ccc1OCCCCn1ccnc1. The molecule has 0 unspecified atom stereocenters. The molecule has 2 aromatic carbocycles. The van der Waals surface area contributed by atoms with Gasteiger partial charge in [0.1, 0.15) is 28.8 Å². The summed E-state index contributed by atoms with van der Waals surface area (Å²) >= 11 is 0. The van der Waals surface area contributed by atoms with Crippen LogP contribution in [0.15, 0.2) is 102 Å². The van der Waals surface area contributed by atoms with Crippen LogP contribution in [0, 0.1) is 12.3 Å². The number of nitrogens with zero attached hydrogens (tertiary/aromatic N) is 3. The van der Waals surface area contributed by atoms with Gasteiger partial charge in [0.05, 0.1) is 12.9 Å². The van der Waals surface area contributed by atoms with Crippen molar-refractivity contribution >= 4 is 11.5 Å². The minimum absolute atomic E-state index is 0.255. The third-order valence-corrected chi connectivity index (χ3v) is 6.05. The van der Waals surface area contributed by atoms with E-state index in [1.807, 2.05) is 73.2 Å². The molecule has 3 heterocycles. The number of unbranched alkanes of at least 4 members (excludes halogenated alkanes) is 1. The van der Waals surface area contributed by atoms with E-state index in [0.29, 0.717) is 12.3 Å². The normalized spacial score (nSPS) is 10.8. The fraction of sp³-hybridized carbons (Fsp3) is 0.167. The summed E-state index contributed by atoms with van der Waals surface area (Å²) in [6.45, 7) is 3.70. The average molecular weight is 492 g/mol. The Morgan fingerprint density at radius 3 is 2.49 bits per heavy atom. The number of amidine groups is 1. The standard InChI is InChI=1S/C30H29N5O2/c1-22-20-24(9-12-27(22)36-19-5-4-17-35-18-16-32-21-35)29-14-13-28(37-29)23-7-10-25(11-8-23)34-30(31)26-6-2-3-15-33-26/h2-3,6-16,18,20-21H,4-5,17,19H2,1H3,(H2,31,34). The highest BCUT2D eigenvalue weighted by Crippen LogP contribution is 2.31. The minimum Gasteiger partial charge on any atom is -0.493 e.